The second-order valence-electron chi connectivity index (χ2n) is 5.29. The molecule has 3 nitrogen and oxygen atoms in total. The van der Waals surface area contributed by atoms with Crippen LogP contribution in [0.1, 0.15) is 11.4 Å². The molecule has 1 aromatic heterocycles. The molecule has 0 unspecified atom stereocenters. The van der Waals surface area contributed by atoms with Crippen molar-refractivity contribution >= 4 is 16.7 Å². The van der Waals surface area contributed by atoms with Crippen LogP contribution in [0.2, 0.25) is 0 Å². The van der Waals surface area contributed by atoms with Gasteiger partial charge in [0.15, 0.2) is 0 Å². The first-order valence-electron chi connectivity index (χ1n) is 6.83. The number of para-hydroxylation sites is 2. The lowest BCUT2D eigenvalue weighted by atomic mass is 10.2. The molecule has 3 aromatic rings. The monoisotopic (exact) mass is 265 g/mol. The minimum atomic E-state index is 0.861. The molecule has 20 heavy (non-hydrogen) atoms. The molecule has 1 heterocycles. The molecule has 2 aromatic carbocycles. The first kappa shape index (κ1) is 12.7. The van der Waals surface area contributed by atoms with E-state index in [2.05, 4.69) is 77.9 Å². The number of hydrogen-bond donors (Lipinski definition) is 0. The van der Waals surface area contributed by atoms with Crippen molar-refractivity contribution < 1.29 is 0 Å². The Labute approximate surface area is 119 Å². The van der Waals surface area contributed by atoms with Gasteiger partial charge in [-0.25, -0.2) is 4.98 Å². The van der Waals surface area contributed by atoms with Crippen LogP contribution in [0.5, 0.6) is 0 Å². The largest absolute Gasteiger partial charge is 0.378 e. The predicted octanol–water partition coefficient (Wildman–Crippen LogP) is 3.46. The summed E-state index contributed by atoms with van der Waals surface area (Å²) in [5, 5.41) is 0. The molecular weight excluding hydrogens is 246 g/mol. The summed E-state index contributed by atoms with van der Waals surface area (Å²) in [5.74, 6) is 1.06. The number of aryl methyl sites for hydroxylation is 1. The summed E-state index contributed by atoms with van der Waals surface area (Å²) < 4.78 is 2.26. The second kappa shape index (κ2) is 5.00. The van der Waals surface area contributed by atoms with Crippen molar-refractivity contribution in [3.05, 3.63) is 59.9 Å². The molecule has 0 saturated carbocycles. The van der Waals surface area contributed by atoms with Gasteiger partial charge in [0.2, 0.25) is 0 Å². The van der Waals surface area contributed by atoms with Gasteiger partial charge in [-0.05, 0) is 36.8 Å². The van der Waals surface area contributed by atoms with Gasteiger partial charge < -0.3 is 9.47 Å². The highest BCUT2D eigenvalue weighted by Gasteiger charge is 2.07. The maximum atomic E-state index is 4.61. The van der Waals surface area contributed by atoms with E-state index < -0.39 is 0 Å². The quantitative estimate of drug-likeness (QED) is 0.723. The lowest BCUT2D eigenvalue weighted by Gasteiger charge is -2.13. The van der Waals surface area contributed by atoms with Gasteiger partial charge in [-0.2, -0.15) is 0 Å². The van der Waals surface area contributed by atoms with Crippen molar-refractivity contribution in [1.82, 2.24) is 9.55 Å². The van der Waals surface area contributed by atoms with Crippen LogP contribution < -0.4 is 4.90 Å². The van der Waals surface area contributed by atoms with E-state index in [1.165, 1.54) is 16.8 Å². The molecule has 0 fully saturated rings. The summed E-state index contributed by atoms with van der Waals surface area (Å²) in [4.78, 5) is 6.72. The SMILES string of the molecule is Cc1nc2ccccc2n1Cc1ccc(N(C)C)cc1. The van der Waals surface area contributed by atoms with E-state index in [0.717, 1.165) is 17.9 Å². The summed E-state index contributed by atoms with van der Waals surface area (Å²) in [6.07, 6.45) is 0. The number of anilines is 1. The molecule has 102 valence electrons. The van der Waals surface area contributed by atoms with E-state index >= 15 is 0 Å². The molecule has 0 spiro atoms. The average Bonchev–Trinajstić information content (AvgIpc) is 2.76. The number of nitrogens with zero attached hydrogens (tertiary/aromatic N) is 3. The van der Waals surface area contributed by atoms with Crippen molar-refractivity contribution in [3.63, 3.8) is 0 Å². The zero-order valence-electron chi connectivity index (χ0n) is 12.2. The van der Waals surface area contributed by atoms with Crippen molar-refractivity contribution in [3.8, 4) is 0 Å². The zero-order valence-corrected chi connectivity index (χ0v) is 12.2. The van der Waals surface area contributed by atoms with Crippen molar-refractivity contribution in [2.75, 3.05) is 19.0 Å². The van der Waals surface area contributed by atoms with Crippen molar-refractivity contribution in [2.24, 2.45) is 0 Å². The fraction of sp³-hybridized carbons (Fsp3) is 0.235. The normalized spacial score (nSPS) is 10.9. The van der Waals surface area contributed by atoms with E-state index in [1.54, 1.807) is 0 Å². The molecule has 0 amide bonds. The van der Waals surface area contributed by atoms with Gasteiger partial charge in [-0.3, -0.25) is 0 Å². The van der Waals surface area contributed by atoms with Gasteiger partial charge in [0.25, 0.3) is 0 Å². The number of rotatable bonds is 3. The van der Waals surface area contributed by atoms with Gasteiger partial charge in [-0.1, -0.05) is 24.3 Å². The Morgan fingerprint density at radius 1 is 1.00 bits per heavy atom. The van der Waals surface area contributed by atoms with Gasteiger partial charge >= 0.3 is 0 Å². The zero-order chi connectivity index (χ0) is 14.1. The van der Waals surface area contributed by atoms with Crippen LogP contribution in [0, 0.1) is 6.92 Å². The van der Waals surface area contributed by atoms with Crippen molar-refractivity contribution in [2.45, 2.75) is 13.5 Å². The Hall–Kier alpha value is -2.29. The molecule has 3 heteroatoms. The minimum Gasteiger partial charge on any atom is -0.378 e. The van der Waals surface area contributed by atoms with E-state index in [9.17, 15) is 0 Å². The average molecular weight is 265 g/mol. The lowest BCUT2D eigenvalue weighted by Crippen LogP contribution is -2.08. The summed E-state index contributed by atoms with van der Waals surface area (Å²) >= 11 is 0. The van der Waals surface area contributed by atoms with Gasteiger partial charge in [-0.15, -0.1) is 0 Å². The predicted molar refractivity (Wildman–Crippen MR) is 84.3 cm³/mol. The maximum absolute atomic E-state index is 4.61. The van der Waals surface area contributed by atoms with Crippen LogP contribution in [0.25, 0.3) is 11.0 Å². The van der Waals surface area contributed by atoms with Crippen LogP contribution in [0.15, 0.2) is 48.5 Å². The molecule has 0 N–H and O–H groups in total. The second-order valence-corrected chi connectivity index (χ2v) is 5.29. The van der Waals surface area contributed by atoms with Crippen LogP contribution in [0.4, 0.5) is 5.69 Å². The third-order valence-corrected chi connectivity index (χ3v) is 3.64. The molecule has 0 atom stereocenters. The smallest absolute Gasteiger partial charge is 0.107 e. The molecule has 0 aliphatic carbocycles. The fourth-order valence-corrected chi connectivity index (χ4v) is 2.48. The summed E-state index contributed by atoms with van der Waals surface area (Å²) in [6.45, 7) is 2.92. The Morgan fingerprint density at radius 2 is 1.70 bits per heavy atom. The molecule has 0 saturated heterocycles. The van der Waals surface area contributed by atoms with E-state index in [-0.39, 0.29) is 0 Å². The third kappa shape index (κ3) is 2.27. The minimum absolute atomic E-state index is 0.861. The number of imidazole rings is 1. The van der Waals surface area contributed by atoms with Crippen LogP contribution in [-0.2, 0) is 6.54 Å². The Bertz CT molecular complexity index is 724. The summed E-state index contributed by atoms with van der Waals surface area (Å²) in [6, 6.07) is 17.0. The molecule has 0 radical (unpaired) electrons. The number of hydrogen-bond acceptors (Lipinski definition) is 2. The topological polar surface area (TPSA) is 21.1 Å². The van der Waals surface area contributed by atoms with E-state index in [0.29, 0.717) is 0 Å². The highest BCUT2D eigenvalue weighted by atomic mass is 15.1. The summed E-state index contributed by atoms with van der Waals surface area (Å²) in [5.41, 5.74) is 4.78. The van der Waals surface area contributed by atoms with Gasteiger partial charge in [0.1, 0.15) is 5.82 Å². The van der Waals surface area contributed by atoms with E-state index in [4.69, 9.17) is 0 Å². The Morgan fingerprint density at radius 3 is 2.40 bits per heavy atom. The summed E-state index contributed by atoms with van der Waals surface area (Å²) in [7, 11) is 4.12. The standard InChI is InChI=1S/C17H19N3/c1-13-18-16-6-4-5-7-17(16)20(13)12-14-8-10-15(11-9-14)19(2)3/h4-11H,12H2,1-3H3. The number of fused-ring (bicyclic) bond motifs is 1. The number of aromatic nitrogens is 2. The maximum Gasteiger partial charge on any atom is 0.107 e. The first-order valence-corrected chi connectivity index (χ1v) is 6.83. The molecule has 0 aliphatic rings. The van der Waals surface area contributed by atoms with Crippen LogP contribution in [-0.4, -0.2) is 23.6 Å². The molecule has 0 aliphatic heterocycles. The highest BCUT2D eigenvalue weighted by Crippen LogP contribution is 2.19. The molecule has 3 rings (SSSR count). The van der Waals surface area contributed by atoms with Gasteiger partial charge in [0.05, 0.1) is 11.0 Å². The van der Waals surface area contributed by atoms with Crippen LogP contribution >= 0.6 is 0 Å². The van der Waals surface area contributed by atoms with E-state index in [1.807, 2.05) is 6.07 Å². The molecule has 0 bridgehead atoms. The Kier molecular flexibility index (Phi) is 3.18. The molecular formula is C17H19N3. The Balaban J connectivity index is 1.94. The van der Waals surface area contributed by atoms with Crippen molar-refractivity contribution in [1.29, 1.82) is 0 Å². The number of benzene rings is 2. The lowest BCUT2D eigenvalue weighted by molar-refractivity contribution is 0.786. The van der Waals surface area contributed by atoms with Gasteiger partial charge in [0, 0.05) is 26.3 Å². The highest BCUT2D eigenvalue weighted by molar-refractivity contribution is 5.76. The first-order chi connectivity index (χ1) is 9.65. The third-order valence-electron chi connectivity index (χ3n) is 3.64. The van der Waals surface area contributed by atoms with Crippen LogP contribution in [0.3, 0.4) is 0 Å². The fourth-order valence-electron chi connectivity index (χ4n) is 2.48.